The van der Waals surface area contributed by atoms with Crippen molar-refractivity contribution >= 4 is 27.4 Å². The molecule has 0 spiro atoms. The fourth-order valence-electron chi connectivity index (χ4n) is 1.39. The molecule has 0 aliphatic rings. The number of hydrogen-bond acceptors (Lipinski definition) is 4. The van der Waals surface area contributed by atoms with Crippen molar-refractivity contribution in [2.45, 2.75) is 18.7 Å². The highest BCUT2D eigenvalue weighted by molar-refractivity contribution is 7.99. The van der Waals surface area contributed by atoms with Gasteiger partial charge in [-0.1, -0.05) is 0 Å². The van der Waals surface area contributed by atoms with Crippen molar-refractivity contribution < 1.29 is 13.7 Å². The Labute approximate surface area is 101 Å². The molecule has 6 heteroatoms. The maximum Gasteiger partial charge on any atom is 0.418 e. The second kappa shape index (κ2) is 5.09. The molecule has 1 unspecified atom stereocenters. The summed E-state index contributed by atoms with van der Waals surface area (Å²) in [7, 11) is -2.91. The minimum absolute atomic E-state index is 0.210. The SMILES string of the molecule is C=S(=O)(NC(=O)OCC)c1ccc(N)cc1C. The number of nitrogen functional groups attached to an aromatic ring is 1. The second-order valence-electron chi connectivity index (χ2n) is 3.52. The Hall–Kier alpha value is -1.69. The van der Waals surface area contributed by atoms with Crippen LogP contribution in [0.1, 0.15) is 12.5 Å². The smallest absolute Gasteiger partial charge is 0.418 e. The van der Waals surface area contributed by atoms with Gasteiger partial charge in [0.15, 0.2) is 0 Å². The maximum atomic E-state index is 12.2. The van der Waals surface area contributed by atoms with Crippen LogP contribution in [-0.4, -0.2) is 22.8 Å². The van der Waals surface area contributed by atoms with Crippen LogP contribution >= 0.6 is 0 Å². The summed E-state index contributed by atoms with van der Waals surface area (Å²) >= 11 is 0. The van der Waals surface area contributed by atoms with Crippen LogP contribution in [0.15, 0.2) is 23.1 Å². The van der Waals surface area contributed by atoms with Crippen LogP contribution < -0.4 is 10.5 Å². The summed E-state index contributed by atoms with van der Waals surface area (Å²) in [5, 5.41) is 0. The molecule has 0 aliphatic heterocycles. The first-order chi connectivity index (χ1) is 7.86. The first kappa shape index (κ1) is 13.4. The highest BCUT2D eigenvalue weighted by atomic mass is 32.2. The average molecular weight is 256 g/mol. The number of carbonyl (C=O) groups excluding carboxylic acids is 1. The van der Waals surface area contributed by atoms with Crippen LogP contribution in [0.2, 0.25) is 0 Å². The standard InChI is InChI=1S/C11H16N2O3S/c1-4-16-11(14)13-17(3,15)10-6-5-9(12)7-8(10)2/h5-7H,3-4,12H2,1-2H3,(H,13,14,15). The Morgan fingerprint density at radius 2 is 2.24 bits per heavy atom. The Bertz CT molecular complexity index is 524. The molecule has 0 heterocycles. The molecule has 0 fully saturated rings. The molecule has 17 heavy (non-hydrogen) atoms. The maximum absolute atomic E-state index is 12.2. The Morgan fingerprint density at radius 1 is 1.59 bits per heavy atom. The summed E-state index contributed by atoms with van der Waals surface area (Å²) in [6.07, 6.45) is -0.747. The quantitative estimate of drug-likeness (QED) is 0.631. The minimum Gasteiger partial charge on any atom is -0.449 e. The van der Waals surface area contributed by atoms with Gasteiger partial charge in [-0.25, -0.2) is 13.7 Å². The van der Waals surface area contributed by atoms with Gasteiger partial charge < -0.3 is 10.5 Å². The van der Waals surface area contributed by atoms with Crippen LogP contribution in [0.4, 0.5) is 10.5 Å². The summed E-state index contributed by atoms with van der Waals surface area (Å²) in [5.41, 5.74) is 6.87. The van der Waals surface area contributed by atoms with Crippen molar-refractivity contribution in [2.24, 2.45) is 0 Å². The van der Waals surface area contributed by atoms with Crippen molar-refractivity contribution in [3.8, 4) is 0 Å². The number of anilines is 1. The average Bonchev–Trinajstić information content (AvgIpc) is 2.15. The number of hydrogen-bond donors (Lipinski definition) is 2. The highest BCUT2D eigenvalue weighted by Crippen LogP contribution is 2.17. The van der Waals surface area contributed by atoms with Crippen molar-refractivity contribution in [2.75, 3.05) is 12.3 Å². The van der Waals surface area contributed by atoms with Gasteiger partial charge in [0.05, 0.1) is 21.2 Å². The summed E-state index contributed by atoms with van der Waals surface area (Å²) in [6, 6.07) is 4.87. The van der Waals surface area contributed by atoms with E-state index in [1.54, 1.807) is 32.0 Å². The summed E-state index contributed by atoms with van der Waals surface area (Å²) in [4.78, 5) is 11.7. The fourth-order valence-corrected chi connectivity index (χ4v) is 2.70. The Balaban J connectivity index is 3.01. The summed E-state index contributed by atoms with van der Waals surface area (Å²) in [5.74, 6) is 3.53. The van der Waals surface area contributed by atoms with E-state index in [0.717, 1.165) is 0 Å². The van der Waals surface area contributed by atoms with Gasteiger partial charge in [0.1, 0.15) is 0 Å². The lowest BCUT2D eigenvalue weighted by atomic mass is 10.2. The second-order valence-corrected chi connectivity index (χ2v) is 5.52. The number of ether oxygens (including phenoxy) is 1. The number of nitrogens with one attached hydrogen (secondary N) is 1. The van der Waals surface area contributed by atoms with E-state index >= 15 is 0 Å². The molecule has 1 aromatic rings. The van der Waals surface area contributed by atoms with Crippen molar-refractivity contribution in [3.05, 3.63) is 23.8 Å². The lowest BCUT2D eigenvalue weighted by molar-refractivity contribution is 0.159. The normalized spacial score (nSPS) is 13.8. The van der Waals surface area contributed by atoms with E-state index in [9.17, 15) is 9.00 Å². The van der Waals surface area contributed by atoms with Gasteiger partial charge in [-0.2, -0.15) is 0 Å². The number of rotatable bonds is 3. The Kier molecular flexibility index (Phi) is 4.01. The lowest BCUT2D eigenvalue weighted by Crippen LogP contribution is -2.31. The molecule has 0 saturated heterocycles. The number of amides is 1. The molecule has 0 saturated carbocycles. The summed E-state index contributed by atoms with van der Waals surface area (Å²) < 4.78 is 19.2. The van der Waals surface area contributed by atoms with Crippen LogP contribution in [-0.2, 0) is 14.4 Å². The molecule has 0 radical (unpaired) electrons. The van der Waals surface area contributed by atoms with E-state index in [-0.39, 0.29) is 6.61 Å². The van der Waals surface area contributed by atoms with E-state index in [0.29, 0.717) is 16.1 Å². The monoisotopic (exact) mass is 256 g/mol. The molecule has 5 nitrogen and oxygen atoms in total. The predicted octanol–water partition coefficient (Wildman–Crippen LogP) is 1.31. The van der Waals surface area contributed by atoms with Gasteiger partial charge in [-0.3, -0.25) is 0 Å². The third-order valence-corrected chi connectivity index (χ3v) is 3.74. The fraction of sp³-hybridized carbons (Fsp3) is 0.273. The third kappa shape index (κ3) is 3.39. The molecule has 0 aliphatic carbocycles. The minimum atomic E-state index is -2.91. The van der Waals surface area contributed by atoms with Gasteiger partial charge in [-0.05, 0) is 43.5 Å². The van der Waals surface area contributed by atoms with Crippen LogP contribution in [0.5, 0.6) is 0 Å². The molecule has 94 valence electrons. The first-order valence-electron chi connectivity index (χ1n) is 5.04. The zero-order valence-corrected chi connectivity index (χ0v) is 10.7. The third-order valence-electron chi connectivity index (χ3n) is 2.08. The van der Waals surface area contributed by atoms with Crippen molar-refractivity contribution in [1.82, 2.24) is 4.72 Å². The van der Waals surface area contributed by atoms with E-state index in [1.807, 2.05) is 0 Å². The number of carbonyl (C=O) groups is 1. The van der Waals surface area contributed by atoms with E-state index in [2.05, 4.69) is 15.3 Å². The predicted molar refractivity (Wildman–Crippen MR) is 69.3 cm³/mol. The lowest BCUT2D eigenvalue weighted by Gasteiger charge is -2.13. The largest absolute Gasteiger partial charge is 0.449 e. The number of nitrogens with two attached hydrogens (primary N) is 1. The molecular weight excluding hydrogens is 240 g/mol. The zero-order valence-electron chi connectivity index (χ0n) is 9.86. The van der Waals surface area contributed by atoms with Crippen molar-refractivity contribution in [3.63, 3.8) is 0 Å². The molecule has 0 bridgehead atoms. The zero-order chi connectivity index (χ0) is 13.1. The van der Waals surface area contributed by atoms with Gasteiger partial charge >= 0.3 is 6.09 Å². The van der Waals surface area contributed by atoms with Gasteiger partial charge in [0, 0.05) is 5.69 Å². The molecular formula is C11H16N2O3S. The molecule has 3 N–H and O–H groups in total. The van der Waals surface area contributed by atoms with Gasteiger partial charge in [-0.15, -0.1) is 0 Å². The Morgan fingerprint density at radius 3 is 2.76 bits per heavy atom. The highest BCUT2D eigenvalue weighted by Gasteiger charge is 2.14. The summed E-state index contributed by atoms with van der Waals surface area (Å²) in [6.45, 7) is 3.63. The molecule has 1 aromatic carbocycles. The number of benzene rings is 1. The van der Waals surface area contributed by atoms with Crippen LogP contribution in [0.3, 0.4) is 0 Å². The van der Waals surface area contributed by atoms with E-state index in [4.69, 9.17) is 5.73 Å². The molecule has 0 aromatic heterocycles. The molecule has 1 amide bonds. The van der Waals surface area contributed by atoms with Gasteiger partial charge in [0.25, 0.3) is 0 Å². The van der Waals surface area contributed by atoms with Crippen LogP contribution in [0.25, 0.3) is 0 Å². The molecule has 1 atom stereocenters. The first-order valence-corrected chi connectivity index (χ1v) is 6.77. The van der Waals surface area contributed by atoms with Gasteiger partial charge in [0.2, 0.25) is 0 Å². The number of aryl methyl sites for hydroxylation is 1. The van der Waals surface area contributed by atoms with Crippen molar-refractivity contribution in [1.29, 1.82) is 0 Å². The van der Waals surface area contributed by atoms with E-state index in [1.165, 1.54) is 0 Å². The van der Waals surface area contributed by atoms with Crippen LogP contribution in [0, 0.1) is 6.92 Å². The van der Waals surface area contributed by atoms with E-state index < -0.39 is 15.8 Å². The molecule has 1 rings (SSSR count). The topological polar surface area (TPSA) is 81.4 Å².